The maximum atomic E-state index is 12.5. The number of amides is 1. The van der Waals surface area contributed by atoms with Gasteiger partial charge in [-0.2, -0.15) is 0 Å². The third-order valence-electron chi connectivity index (χ3n) is 3.97. The van der Waals surface area contributed by atoms with E-state index in [1.807, 2.05) is 60.7 Å². The molecule has 0 aliphatic carbocycles. The Labute approximate surface area is 130 Å². The smallest absolute Gasteiger partial charge is 0.251 e. The van der Waals surface area contributed by atoms with E-state index in [-0.39, 0.29) is 5.91 Å². The average Bonchev–Trinajstić information content (AvgIpc) is 2.59. The summed E-state index contributed by atoms with van der Waals surface area (Å²) in [6, 6.07) is 24.0. The number of rotatable bonds is 4. The molecule has 22 heavy (non-hydrogen) atoms. The van der Waals surface area contributed by atoms with Crippen molar-refractivity contribution in [1.29, 1.82) is 0 Å². The van der Waals surface area contributed by atoms with Crippen LogP contribution in [0.5, 0.6) is 0 Å². The van der Waals surface area contributed by atoms with Gasteiger partial charge in [0.25, 0.3) is 5.91 Å². The quantitative estimate of drug-likeness (QED) is 0.759. The zero-order valence-corrected chi connectivity index (χ0v) is 12.6. The highest BCUT2D eigenvalue weighted by molar-refractivity contribution is 6.07. The van der Waals surface area contributed by atoms with Crippen molar-refractivity contribution in [2.24, 2.45) is 0 Å². The fourth-order valence-corrected chi connectivity index (χ4v) is 2.66. The first-order chi connectivity index (χ1) is 10.8. The van der Waals surface area contributed by atoms with E-state index < -0.39 is 0 Å². The van der Waals surface area contributed by atoms with Crippen molar-refractivity contribution in [2.45, 2.75) is 12.8 Å². The molecule has 1 amide bonds. The van der Waals surface area contributed by atoms with Crippen LogP contribution in [0.1, 0.15) is 28.8 Å². The van der Waals surface area contributed by atoms with Gasteiger partial charge >= 0.3 is 0 Å². The normalized spacial score (nSPS) is 12.0. The van der Waals surface area contributed by atoms with Crippen molar-refractivity contribution in [3.8, 4) is 0 Å². The van der Waals surface area contributed by atoms with Gasteiger partial charge in [0.1, 0.15) is 0 Å². The second-order valence-corrected chi connectivity index (χ2v) is 5.55. The van der Waals surface area contributed by atoms with Gasteiger partial charge in [0, 0.05) is 12.1 Å². The highest BCUT2D eigenvalue weighted by Gasteiger charge is 2.11. The van der Waals surface area contributed by atoms with Gasteiger partial charge in [-0.1, -0.05) is 73.7 Å². The molecule has 3 aromatic rings. The highest BCUT2D eigenvalue weighted by Crippen LogP contribution is 2.19. The third kappa shape index (κ3) is 3.01. The lowest BCUT2D eigenvalue weighted by Gasteiger charge is -2.14. The maximum absolute atomic E-state index is 12.5. The Morgan fingerprint density at radius 2 is 1.59 bits per heavy atom. The second kappa shape index (κ2) is 6.44. The largest absolute Gasteiger partial charge is 0.351 e. The van der Waals surface area contributed by atoms with E-state index in [4.69, 9.17) is 0 Å². The Morgan fingerprint density at radius 1 is 0.909 bits per heavy atom. The summed E-state index contributed by atoms with van der Waals surface area (Å²) in [6.07, 6.45) is 0. The van der Waals surface area contributed by atoms with Crippen LogP contribution in [-0.2, 0) is 0 Å². The zero-order valence-electron chi connectivity index (χ0n) is 12.6. The highest BCUT2D eigenvalue weighted by atomic mass is 16.1. The van der Waals surface area contributed by atoms with Crippen LogP contribution < -0.4 is 5.32 Å². The molecule has 0 aromatic heterocycles. The predicted molar refractivity (Wildman–Crippen MR) is 91.1 cm³/mol. The molecule has 0 heterocycles. The van der Waals surface area contributed by atoms with Crippen molar-refractivity contribution in [3.05, 3.63) is 83.9 Å². The molecule has 0 unspecified atom stereocenters. The molecule has 0 radical (unpaired) electrons. The molecule has 3 aromatic carbocycles. The Balaban J connectivity index is 1.74. The monoisotopic (exact) mass is 289 g/mol. The van der Waals surface area contributed by atoms with E-state index >= 15 is 0 Å². The van der Waals surface area contributed by atoms with Gasteiger partial charge in [-0.25, -0.2) is 0 Å². The Morgan fingerprint density at radius 3 is 2.41 bits per heavy atom. The number of hydrogen-bond donors (Lipinski definition) is 1. The van der Waals surface area contributed by atoms with E-state index in [1.54, 1.807) is 0 Å². The number of fused-ring (bicyclic) bond motifs is 1. The first-order valence-electron chi connectivity index (χ1n) is 7.56. The SMILES string of the molecule is C[C@@H](CNC(=O)c1cccc2ccccc12)c1ccccc1. The van der Waals surface area contributed by atoms with Crippen LogP contribution in [-0.4, -0.2) is 12.5 Å². The van der Waals surface area contributed by atoms with Gasteiger partial charge in [0.05, 0.1) is 0 Å². The van der Waals surface area contributed by atoms with Gasteiger partial charge in [0.2, 0.25) is 0 Å². The molecule has 0 aliphatic rings. The van der Waals surface area contributed by atoms with Crippen LogP contribution in [0, 0.1) is 0 Å². The summed E-state index contributed by atoms with van der Waals surface area (Å²) in [4.78, 5) is 12.5. The minimum Gasteiger partial charge on any atom is -0.351 e. The summed E-state index contributed by atoms with van der Waals surface area (Å²) >= 11 is 0. The van der Waals surface area contributed by atoms with Crippen LogP contribution in [0.3, 0.4) is 0 Å². The lowest BCUT2D eigenvalue weighted by atomic mass is 10.0. The molecule has 1 N–H and O–H groups in total. The fourth-order valence-electron chi connectivity index (χ4n) is 2.66. The van der Waals surface area contributed by atoms with Crippen LogP contribution in [0.15, 0.2) is 72.8 Å². The van der Waals surface area contributed by atoms with E-state index in [0.717, 1.165) is 16.3 Å². The van der Waals surface area contributed by atoms with Gasteiger partial charge in [0.15, 0.2) is 0 Å². The number of nitrogens with one attached hydrogen (secondary N) is 1. The maximum Gasteiger partial charge on any atom is 0.251 e. The summed E-state index contributed by atoms with van der Waals surface area (Å²) < 4.78 is 0. The molecule has 0 fully saturated rings. The molecule has 0 bridgehead atoms. The summed E-state index contributed by atoms with van der Waals surface area (Å²) in [5, 5.41) is 5.13. The van der Waals surface area contributed by atoms with E-state index in [1.165, 1.54) is 5.56 Å². The van der Waals surface area contributed by atoms with Gasteiger partial charge in [-0.3, -0.25) is 4.79 Å². The topological polar surface area (TPSA) is 29.1 Å². The molecule has 110 valence electrons. The second-order valence-electron chi connectivity index (χ2n) is 5.55. The van der Waals surface area contributed by atoms with Crippen molar-refractivity contribution >= 4 is 16.7 Å². The molecular weight excluding hydrogens is 270 g/mol. The van der Waals surface area contributed by atoms with Gasteiger partial charge < -0.3 is 5.32 Å². The lowest BCUT2D eigenvalue weighted by Crippen LogP contribution is -2.27. The number of benzene rings is 3. The average molecular weight is 289 g/mol. The zero-order chi connectivity index (χ0) is 15.4. The number of carbonyl (C=O) groups excluding carboxylic acids is 1. The first-order valence-corrected chi connectivity index (χ1v) is 7.56. The van der Waals surface area contributed by atoms with Crippen LogP contribution in [0.25, 0.3) is 10.8 Å². The first kappa shape index (κ1) is 14.3. The van der Waals surface area contributed by atoms with Gasteiger partial charge in [-0.15, -0.1) is 0 Å². The number of hydrogen-bond acceptors (Lipinski definition) is 1. The van der Waals surface area contributed by atoms with Crippen molar-refractivity contribution in [3.63, 3.8) is 0 Å². The Bertz CT molecular complexity index is 775. The fraction of sp³-hybridized carbons (Fsp3) is 0.150. The van der Waals surface area contributed by atoms with Crippen molar-refractivity contribution in [1.82, 2.24) is 5.32 Å². The Kier molecular flexibility index (Phi) is 4.19. The predicted octanol–water partition coefficient (Wildman–Crippen LogP) is 4.37. The minimum atomic E-state index is -0.0143. The molecule has 0 saturated heterocycles. The summed E-state index contributed by atoms with van der Waals surface area (Å²) in [5.41, 5.74) is 1.97. The molecule has 3 rings (SSSR count). The summed E-state index contributed by atoms with van der Waals surface area (Å²) in [5.74, 6) is 0.278. The molecular formula is C20H19NO. The Hall–Kier alpha value is -2.61. The third-order valence-corrected chi connectivity index (χ3v) is 3.97. The van der Waals surface area contributed by atoms with Crippen LogP contribution >= 0.6 is 0 Å². The summed E-state index contributed by atoms with van der Waals surface area (Å²) in [6.45, 7) is 2.75. The van der Waals surface area contributed by atoms with E-state index in [2.05, 4.69) is 24.4 Å². The van der Waals surface area contributed by atoms with Crippen molar-refractivity contribution < 1.29 is 4.79 Å². The minimum absolute atomic E-state index is 0.0143. The number of carbonyl (C=O) groups is 1. The van der Waals surface area contributed by atoms with Crippen LogP contribution in [0.4, 0.5) is 0 Å². The van der Waals surface area contributed by atoms with E-state index in [9.17, 15) is 4.79 Å². The molecule has 2 heteroatoms. The van der Waals surface area contributed by atoms with Crippen LogP contribution in [0.2, 0.25) is 0 Å². The van der Waals surface area contributed by atoms with Crippen molar-refractivity contribution in [2.75, 3.05) is 6.54 Å². The van der Waals surface area contributed by atoms with E-state index in [0.29, 0.717) is 12.5 Å². The molecule has 2 nitrogen and oxygen atoms in total. The van der Waals surface area contributed by atoms with Gasteiger partial charge in [-0.05, 0) is 28.3 Å². The molecule has 1 atom stereocenters. The lowest BCUT2D eigenvalue weighted by molar-refractivity contribution is 0.0953. The molecule has 0 aliphatic heterocycles. The standard InChI is InChI=1S/C20H19NO/c1-15(16-8-3-2-4-9-16)14-21-20(22)19-13-7-11-17-10-5-6-12-18(17)19/h2-13,15H,14H2,1H3,(H,21,22)/t15-/m0/s1. The molecule has 0 spiro atoms. The summed E-state index contributed by atoms with van der Waals surface area (Å²) in [7, 11) is 0. The molecule has 0 saturated carbocycles.